The molecule has 0 bridgehead atoms. The van der Waals surface area contributed by atoms with E-state index in [1.165, 1.54) is 0 Å². The van der Waals surface area contributed by atoms with Gasteiger partial charge in [-0.05, 0) is 17.7 Å². The predicted molar refractivity (Wildman–Crippen MR) is 51.8 cm³/mol. The Hall–Kier alpha value is -1.22. The molecule has 0 saturated heterocycles. The number of benzene rings is 1. The van der Waals surface area contributed by atoms with Gasteiger partial charge in [-0.3, -0.25) is 0 Å². The topological polar surface area (TPSA) is 44.5 Å². The highest BCUT2D eigenvalue weighted by Gasteiger charge is 2.11. The quantitative estimate of drug-likeness (QED) is 0.719. The average Bonchev–Trinajstić information content (AvgIpc) is 2.67. The van der Waals surface area contributed by atoms with Crippen molar-refractivity contribution >= 4 is 0 Å². The zero-order valence-corrected chi connectivity index (χ0v) is 8.04. The minimum atomic E-state index is 0.323. The average molecular weight is 181 g/mol. The summed E-state index contributed by atoms with van der Waals surface area (Å²) in [5.74, 6) is 1.61. The van der Waals surface area contributed by atoms with Crippen LogP contribution in [-0.2, 0) is 6.54 Å². The summed E-state index contributed by atoms with van der Waals surface area (Å²) in [6.07, 6.45) is 0. The number of nitrogens with two attached hydrogens (primary N) is 1. The smallest absolute Gasteiger partial charge is 0.231 e. The maximum atomic E-state index is 5.45. The van der Waals surface area contributed by atoms with Crippen LogP contribution in [0.3, 0.4) is 0 Å². The molecule has 2 N–H and O–H groups in total. The van der Waals surface area contributed by atoms with Gasteiger partial charge in [0.2, 0.25) is 6.79 Å². The Kier molecular flexibility index (Phi) is 3.58. The SMILES string of the molecule is CC.NCc1ccc2c(c1)OCO2. The molecule has 2 rings (SSSR count). The molecule has 0 aromatic heterocycles. The zero-order valence-electron chi connectivity index (χ0n) is 8.04. The molecule has 0 atom stereocenters. The third kappa shape index (κ3) is 2.12. The van der Waals surface area contributed by atoms with E-state index in [-0.39, 0.29) is 0 Å². The van der Waals surface area contributed by atoms with Gasteiger partial charge >= 0.3 is 0 Å². The molecule has 0 spiro atoms. The molecule has 1 aliphatic rings. The Morgan fingerprint density at radius 3 is 2.62 bits per heavy atom. The van der Waals surface area contributed by atoms with E-state index in [9.17, 15) is 0 Å². The first-order chi connectivity index (χ1) is 6.40. The number of fused-ring (bicyclic) bond motifs is 1. The van der Waals surface area contributed by atoms with Gasteiger partial charge in [0.05, 0.1) is 0 Å². The molecule has 1 aliphatic heterocycles. The summed E-state index contributed by atoms with van der Waals surface area (Å²) in [5.41, 5.74) is 6.51. The molecule has 3 heteroatoms. The Morgan fingerprint density at radius 2 is 1.92 bits per heavy atom. The highest BCUT2D eigenvalue weighted by molar-refractivity contribution is 5.44. The second-order valence-corrected chi connectivity index (χ2v) is 2.39. The number of hydrogen-bond acceptors (Lipinski definition) is 3. The summed E-state index contributed by atoms with van der Waals surface area (Å²) in [7, 11) is 0. The third-order valence-electron chi connectivity index (χ3n) is 1.67. The lowest BCUT2D eigenvalue weighted by Gasteiger charge is -1.97. The highest BCUT2D eigenvalue weighted by Crippen LogP contribution is 2.32. The van der Waals surface area contributed by atoms with E-state index in [2.05, 4.69) is 0 Å². The summed E-state index contributed by atoms with van der Waals surface area (Å²) < 4.78 is 10.3. The molecular weight excluding hydrogens is 166 g/mol. The van der Waals surface area contributed by atoms with Gasteiger partial charge in [0.15, 0.2) is 11.5 Å². The van der Waals surface area contributed by atoms with E-state index in [4.69, 9.17) is 15.2 Å². The minimum Gasteiger partial charge on any atom is -0.454 e. The fourth-order valence-electron chi connectivity index (χ4n) is 1.07. The van der Waals surface area contributed by atoms with Crippen LogP contribution in [0.4, 0.5) is 0 Å². The molecule has 1 aromatic carbocycles. The Bertz CT molecular complexity index is 274. The van der Waals surface area contributed by atoms with Crippen molar-refractivity contribution in [2.24, 2.45) is 5.73 Å². The van der Waals surface area contributed by atoms with Gasteiger partial charge in [-0.25, -0.2) is 0 Å². The number of rotatable bonds is 1. The van der Waals surface area contributed by atoms with E-state index in [1.54, 1.807) is 0 Å². The first-order valence-corrected chi connectivity index (χ1v) is 4.49. The standard InChI is InChI=1S/C8H9NO2.C2H6/c9-4-6-1-2-7-8(3-6)11-5-10-7;1-2/h1-3H,4-5,9H2;1-2H3. The van der Waals surface area contributed by atoms with Crippen molar-refractivity contribution in [3.63, 3.8) is 0 Å². The first-order valence-electron chi connectivity index (χ1n) is 4.49. The lowest BCUT2D eigenvalue weighted by Crippen LogP contribution is -1.95. The van der Waals surface area contributed by atoms with Crippen LogP contribution in [0.1, 0.15) is 19.4 Å². The summed E-state index contributed by atoms with van der Waals surface area (Å²) in [5, 5.41) is 0. The van der Waals surface area contributed by atoms with Gasteiger partial charge in [-0.15, -0.1) is 0 Å². The maximum absolute atomic E-state index is 5.45. The van der Waals surface area contributed by atoms with Crippen LogP contribution in [0.5, 0.6) is 11.5 Å². The maximum Gasteiger partial charge on any atom is 0.231 e. The molecule has 72 valence electrons. The molecule has 0 saturated carbocycles. The van der Waals surface area contributed by atoms with Crippen molar-refractivity contribution in [3.8, 4) is 11.5 Å². The zero-order chi connectivity index (χ0) is 9.68. The second kappa shape index (κ2) is 4.72. The molecule has 0 fully saturated rings. The van der Waals surface area contributed by atoms with Crippen molar-refractivity contribution in [1.29, 1.82) is 0 Å². The largest absolute Gasteiger partial charge is 0.454 e. The molecule has 1 heterocycles. The fourth-order valence-corrected chi connectivity index (χ4v) is 1.07. The van der Waals surface area contributed by atoms with Gasteiger partial charge in [-0.1, -0.05) is 19.9 Å². The predicted octanol–water partition coefficient (Wildman–Crippen LogP) is 1.90. The van der Waals surface area contributed by atoms with Crippen molar-refractivity contribution in [2.45, 2.75) is 20.4 Å². The highest BCUT2D eigenvalue weighted by atomic mass is 16.7. The van der Waals surface area contributed by atoms with Crippen molar-refractivity contribution < 1.29 is 9.47 Å². The number of ether oxygens (including phenoxy) is 2. The van der Waals surface area contributed by atoms with Crippen molar-refractivity contribution in [2.75, 3.05) is 6.79 Å². The van der Waals surface area contributed by atoms with E-state index >= 15 is 0 Å². The van der Waals surface area contributed by atoms with Crippen LogP contribution in [0.2, 0.25) is 0 Å². The molecule has 13 heavy (non-hydrogen) atoms. The van der Waals surface area contributed by atoms with E-state index in [0.29, 0.717) is 13.3 Å². The molecule has 1 aromatic rings. The summed E-state index contributed by atoms with van der Waals surface area (Å²) in [4.78, 5) is 0. The van der Waals surface area contributed by atoms with Crippen molar-refractivity contribution in [1.82, 2.24) is 0 Å². The van der Waals surface area contributed by atoms with Gasteiger partial charge in [0.1, 0.15) is 0 Å². The van der Waals surface area contributed by atoms with Crippen molar-refractivity contribution in [3.05, 3.63) is 23.8 Å². The molecule has 0 amide bonds. The molecule has 0 unspecified atom stereocenters. The summed E-state index contributed by atoms with van der Waals surface area (Å²) in [6.45, 7) is 4.86. The van der Waals surface area contributed by atoms with E-state index in [0.717, 1.165) is 17.1 Å². The Labute approximate surface area is 78.5 Å². The van der Waals surface area contributed by atoms with E-state index < -0.39 is 0 Å². The Morgan fingerprint density at radius 1 is 1.23 bits per heavy atom. The summed E-state index contributed by atoms with van der Waals surface area (Å²) in [6, 6.07) is 5.72. The van der Waals surface area contributed by atoms with Crippen LogP contribution < -0.4 is 15.2 Å². The van der Waals surface area contributed by atoms with Gasteiger partial charge in [0.25, 0.3) is 0 Å². The van der Waals surface area contributed by atoms with Crippen LogP contribution in [0, 0.1) is 0 Å². The lowest BCUT2D eigenvalue weighted by atomic mass is 10.2. The lowest BCUT2D eigenvalue weighted by molar-refractivity contribution is 0.174. The molecule has 3 nitrogen and oxygen atoms in total. The first kappa shape index (κ1) is 9.86. The van der Waals surface area contributed by atoms with Gasteiger partial charge < -0.3 is 15.2 Å². The second-order valence-electron chi connectivity index (χ2n) is 2.39. The van der Waals surface area contributed by atoms with E-state index in [1.807, 2.05) is 32.0 Å². The Balaban J connectivity index is 0.000000396. The van der Waals surface area contributed by atoms with Crippen LogP contribution in [-0.4, -0.2) is 6.79 Å². The van der Waals surface area contributed by atoms with Gasteiger partial charge in [0, 0.05) is 6.54 Å². The monoisotopic (exact) mass is 181 g/mol. The molecule has 0 aliphatic carbocycles. The third-order valence-corrected chi connectivity index (χ3v) is 1.67. The van der Waals surface area contributed by atoms with Crippen LogP contribution >= 0.6 is 0 Å². The van der Waals surface area contributed by atoms with Gasteiger partial charge in [-0.2, -0.15) is 0 Å². The normalized spacial score (nSPS) is 11.9. The minimum absolute atomic E-state index is 0.323. The van der Waals surface area contributed by atoms with Crippen LogP contribution in [0.25, 0.3) is 0 Å². The van der Waals surface area contributed by atoms with Crippen LogP contribution in [0.15, 0.2) is 18.2 Å². The summed E-state index contributed by atoms with van der Waals surface area (Å²) >= 11 is 0. The number of hydrogen-bond donors (Lipinski definition) is 1. The fraction of sp³-hybridized carbons (Fsp3) is 0.400. The molecular formula is C10H15NO2. The molecule has 0 radical (unpaired) electrons.